The van der Waals surface area contributed by atoms with Gasteiger partial charge in [-0.05, 0) is 31.0 Å². The fourth-order valence-corrected chi connectivity index (χ4v) is 2.63. The van der Waals surface area contributed by atoms with E-state index in [1.807, 2.05) is 6.92 Å². The Hall–Kier alpha value is -1.06. The summed E-state index contributed by atoms with van der Waals surface area (Å²) in [7, 11) is 1.70. The molecule has 0 atom stereocenters. The molecule has 2 rings (SSSR count). The lowest BCUT2D eigenvalue weighted by molar-refractivity contribution is 0.0389. The molecular formula is C18H31IN4O2. The normalized spacial score (nSPS) is 15.4. The summed E-state index contributed by atoms with van der Waals surface area (Å²) in [4.78, 5) is 7.07. The zero-order chi connectivity index (χ0) is 17.2. The third kappa shape index (κ3) is 7.79. The van der Waals surface area contributed by atoms with Crippen molar-refractivity contribution in [3.05, 3.63) is 29.3 Å². The number of hydrogen-bond donors (Lipinski definition) is 2. The molecule has 0 radical (unpaired) electrons. The molecule has 1 aromatic carbocycles. The topological polar surface area (TPSA) is 58.1 Å². The van der Waals surface area contributed by atoms with Crippen LogP contribution in [0.15, 0.2) is 23.2 Å². The molecule has 1 aliphatic rings. The lowest BCUT2D eigenvalue weighted by Gasteiger charge is -2.26. The number of benzene rings is 1. The number of hydrogen-bond acceptors (Lipinski definition) is 4. The minimum Gasteiger partial charge on any atom is -0.496 e. The van der Waals surface area contributed by atoms with Crippen LogP contribution >= 0.6 is 24.0 Å². The van der Waals surface area contributed by atoms with Gasteiger partial charge in [0.25, 0.3) is 0 Å². The van der Waals surface area contributed by atoms with Crippen molar-refractivity contribution in [2.45, 2.75) is 20.4 Å². The monoisotopic (exact) mass is 462 g/mol. The van der Waals surface area contributed by atoms with Crippen molar-refractivity contribution in [2.75, 3.05) is 53.0 Å². The van der Waals surface area contributed by atoms with Gasteiger partial charge in [-0.15, -0.1) is 24.0 Å². The van der Waals surface area contributed by atoms with Crippen molar-refractivity contribution in [2.24, 2.45) is 4.99 Å². The van der Waals surface area contributed by atoms with E-state index in [4.69, 9.17) is 9.47 Å². The SMILES string of the molecule is CCNC(=NCc1ccc(C)c(OC)c1)NCCN1CCOCC1.I. The Morgan fingerprint density at radius 2 is 2.04 bits per heavy atom. The first-order valence-electron chi connectivity index (χ1n) is 8.68. The molecule has 0 unspecified atom stereocenters. The van der Waals surface area contributed by atoms with Crippen molar-refractivity contribution in [3.8, 4) is 5.75 Å². The minimum atomic E-state index is 0. The molecule has 25 heavy (non-hydrogen) atoms. The largest absolute Gasteiger partial charge is 0.496 e. The molecule has 1 aliphatic heterocycles. The highest BCUT2D eigenvalue weighted by Gasteiger charge is 2.09. The second kappa shape index (κ2) is 12.3. The predicted octanol–water partition coefficient (Wildman–Crippen LogP) is 2.01. The number of rotatable bonds is 7. The van der Waals surface area contributed by atoms with E-state index in [0.717, 1.165) is 68.8 Å². The van der Waals surface area contributed by atoms with Crippen LogP contribution in [0.2, 0.25) is 0 Å². The molecule has 1 saturated heterocycles. The maximum absolute atomic E-state index is 5.38. The molecule has 1 aromatic rings. The molecule has 1 fully saturated rings. The highest BCUT2D eigenvalue weighted by molar-refractivity contribution is 14.0. The van der Waals surface area contributed by atoms with Crippen LogP contribution in [-0.2, 0) is 11.3 Å². The zero-order valence-corrected chi connectivity index (χ0v) is 17.8. The first kappa shape index (κ1) is 22.0. The van der Waals surface area contributed by atoms with Crippen molar-refractivity contribution in [3.63, 3.8) is 0 Å². The van der Waals surface area contributed by atoms with Gasteiger partial charge < -0.3 is 20.1 Å². The summed E-state index contributed by atoms with van der Waals surface area (Å²) in [5, 5.41) is 6.70. The van der Waals surface area contributed by atoms with Gasteiger partial charge >= 0.3 is 0 Å². The van der Waals surface area contributed by atoms with E-state index < -0.39 is 0 Å². The summed E-state index contributed by atoms with van der Waals surface area (Å²) in [5.74, 6) is 1.76. The average Bonchev–Trinajstić information content (AvgIpc) is 2.61. The van der Waals surface area contributed by atoms with E-state index in [9.17, 15) is 0 Å². The number of guanidine groups is 1. The van der Waals surface area contributed by atoms with Gasteiger partial charge in [-0.25, -0.2) is 4.99 Å². The average molecular weight is 462 g/mol. The van der Waals surface area contributed by atoms with Gasteiger partial charge in [0.2, 0.25) is 0 Å². The fourth-order valence-electron chi connectivity index (χ4n) is 2.63. The van der Waals surface area contributed by atoms with Crippen molar-refractivity contribution < 1.29 is 9.47 Å². The van der Waals surface area contributed by atoms with Gasteiger partial charge in [0.1, 0.15) is 5.75 Å². The lowest BCUT2D eigenvalue weighted by Crippen LogP contribution is -2.44. The van der Waals surface area contributed by atoms with Crippen LogP contribution in [0.1, 0.15) is 18.1 Å². The van der Waals surface area contributed by atoms with Crippen molar-refractivity contribution in [1.29, 1.82) is 0 Å². The van der Waals surface area contributed by atoms with Crippen LogP contribution in [0.3, 0.4) is 0 Å². The fraction of sp³-hybridized carbons (Fsp3) is 0.611. The first-order valence-corrected chi connectivity index (χ1v) is 8.68. The van der Waals surface area contributed by atoms with Gasteiger partial charge in [-0.2, -0.15) is 0 Å². The van der Waals surface area contributed by atoms with E-state index in [1.165, 1.54) is 0 Å². The van der Waals surface area contributed by atoms with Crippen LogP contribution in [0.5, 0.6) is 5.75 Å². The molecule has 0 saturated carbocycles. The molecule has 0 bridgehead atoms. The molecule has 1 heterocycles. The third-order valence-electron chi connectivity index (χ3n) is 4.06. The van der Waals surface area contributed by atoms with E-state index in [1.54, 1.807) is 7.11 Å². The number of ether oxygens (including phenoxy) is 2. The molecule has 0 aromatic heterocycles. The molecule has 0 aliphatic carbocycles. The van der Waals surface area contributed by atoms with Crippen molar-refractivity contribution >= 4 is 29.9 Å². The number of aliphatic imine (C=N–C) groups is 1. The van der Waals surface area contributed by atoms with Crippen LogP contribution in [0.25, 0.3) is 0 Å². The van der Waals surface area contributed by atoms with Gasteiger partial charge in [0.15, 0.2) is 5.96 Å². The molecular weight excluding hydrogens is 431 g/mol. The summed E-state index contributed by atoms with van der Waals surface area (Å²) >= 11 is 0. The van der Waals surface area contributed by atoms with Gasteiger partial charge in [-0.3, -0.25) is 4.90 Å². The molecule has 2 N–H and O–H groups in total. The maximum atomic E-state index is 5.38. The smallest absolute Gasteiger partial charge is 0.191 e. The Morgan fingerprint density at radius 1 is 1.28 bits per heavy atom. The summed E-state index contributed by atoms with van der Waals surface area (Å²) in [6.45, 7) is 11.2. The van der Waals surface area contributed by atoms with Gasteiger partial charge in [0, 0.05) is 32.7 Å². The zero-order valence-electron chi connectivity index (χ0n) is 15.5. The third-order valence-corrected chi connectivity index (χ3v) is 4.06. The number of morpholine rings is 1. The molecule has 7 heteroatoms. The van der Waals surface area contributed by atoms with Gasteiger partial charge in [-0.1, -0.05) is 12.1 Å². The Kier molecular flexibility index (Phi) is 10.8. The first-order chi connectivity index (χ1) is 11.7. The second-order valence-electron chi connectivity index (χ2n) is 5.88. The van der Waals surface area contributed by atoms with Gasteiger partial charge in [0.05, 0.1) is 26.9 Å². The Labute approximate surface area is 168 Å². The maximum Gasteiger partial charge on any atom is 0.191 e. The Bertz CT molecular complexity index is 534. The molecule has 0 amide bonds. The summed E-state index contributed by atoms with van der Waals surface area (Å²) in [6, 6.07) is 6.22. The van der Waals surface area contributed by atoms with E-state index in [-0.39, 0.29) is 24.0 Å². The Balaban J connectivity index is 0.00000312. The van der Waals surface area contributed by atoms with Crippen LogP contribution in [-0.4, -0.2) is 63.9 Å². The number of halogens is 1. The predicted molar refractivity (Wildman–Crippen MR) is 113 cm³/mol. The number of nitrogens with zero attached hydrogens (tertiary/aromatic N) is 2. The number of methoxy groups -OCH3 is 1. The van der Waals surface area contributed by atoms with Crippen LogP contribution in [0.4, 0.5) is 0 Å². The Morgan fingerprint density at radius 3 is 2.72 bits per heavy atom. The van der Waals surface area contributed by atoms with E-state index in [0.29, 0.717) is 6.54 Å². The standard InChI is InChI=1S/C18H30N4O2.HI/c1-4-19-18(20-7-8-22-9-11-24-12-10-22)21-14-16-6-5-15(2)17(13-16)23-3;/h5-6,13H,4,7-12,14H2,1-3H3,(H2,19,20,21);1H. The second-order valence-corrected chi connectivity index (χ2v) is 5.88. The highest BCUT2D eigenvalue weighted by Crippen LogP contribution is 2.19. The quantitative estimate of drug-likeness (QED) is 0.369. The summed E-state index contributed by atoms with van der Waals surface area (Å²) in [6.07, 6.45) is 0. The number of aryl methyl sites for hydroxylation is 1. The number of nitrogens with one attached hydrogen (secondary N) is 2. The minimum absolute atomic E-state index is 0. The molecule has 142 valence electrons. The van der Waals surface area contributed by atoms with Crippen LogP contribution in [0, 0.1) is 6.92 Å². The summed E-state index contributed by atoms with van der Waals surface area (Å²) in [5.41, 5.74) is 2.28. The van der Waals surface area contributed by atoms with Crippen molar-refractivity contribution in [1.82, 2.24) is 15.5 Å². The summed E-state index contributed by atoms with van der Waals surface area (Å²) < 4.78 is 10.7. The van der Waals surface area contributed by atoms with E-state index in [2.05, 4.69) is 45.6 Å². The molecule has 0 spiro atoms. The van der Waals surface area contributed by atoms with E-state index >= 15 is 0 Å². The van der Waals surface area contributed by atoms with Crippen LogP contribution < -0.4 is 15.4 Å². The molecule has 6 nitrogen and oxygen atoms in total. The highest BCUT2D eigenvalue weighted by atomic mass is 127. The lowest BCUT2D eigenvalue weighted by atomic mass is 10.1.